The minimum Gasteiger partial charge on any atom is -1.00 e. The molecule has 7 rings (SSSR count). The second-order valence-electron chi connectivity index (χ2n) is 10.8. The fourth-order valence-corrected chi connectivity index (χ4v) is 6.18. The topological polar surface area (TPSA) is 55.4 Å². The van der Waals surface area contributed by atoms with Gasteiger partial charge >= 0.3 is 5.97 Å². The zero-order valence-electron chi connectivity index (χ0n) is 21.8. The van der Waals surface area contributed by atoms with Crippen LogP contribution in [0.5, 0.6) is 0 Å². The molecule has 0 unspecified atom stereocenters. The molecule has 3 aliphatic rings. The number of nitrogens with zero attached hydrogens (tertiary/aromatic N) is 1. The van der Waals surface area contributed by atoms with Crippen molar-refractivity contribution in [2.45, 2.75) is 25.0 Å². The molecule has 0 spiro atoms. The standard InChI is InChI=1S/C33H33N2O3.BrH/c36-30(28-16-15-24-9-7-8-12-27(24)21-28)22-35-19-17-25(18-20-35)31(23-35)38-33(37)32(26-10-3-1-4-11-26)34-29-13-5-2-6-14-29;/h1-16,21,25,31-32,34H,17-20,22-23H2;1H/q+1;/p-1/t25?,31-,32+,35?;/m0./s1. The van der Waals surface area contributed by atoms with Crippen LogP contribution >= 0.6 is 0 Å². The molecular weight excluding hydrogens is 552 g/mol. The van der Waals surface area contributed by atoms with Gasteiger partial charge in [-0.25, -0.2) is 4.79 Å². The summed E-state index contributed by atoms with van der Waals surface area (Å²) in [7, 11) is 0. The first kappa shape index (κ1) is 27.1. The summed E-state index contributed by atoms with van der Waals surface area (Å²) in [5.74, 6) is 0.245. The highest BCUT2D eigenvalue weighted by Crippen LogP contribution is 2.37. The number of ketones is 1. The van der Waals surface area contributed by atoms with Crippen molar-refractivity contribution < 1.29 is 35.8 Å². The van der Waals surface area contributed by atoms with Crippen LogP contribution in [0.3, 0.4) is 0 Å². The molecule has 1 N–H and O–H groups in total. The summed E-state index contributed by atoms with van der Waals surface area (Å²) in [5.41, 5.74) is 2.50. The molecule has 3 aliphatic heterocycles. The number of benzene rings is 4. The van der Waals surface area contributed by atoms with Crippen molar-refractivity contribution in [2.75, 3.05) is 31.5 Å². The van der Waals surface area contributed by atoms with Gasteiger partial charge in [0.05, 0.1) is 13.1 Å². The van der Waals surface area contributed by atoms with E-state index < -0.39 is 6.04 Å². The lowest BCUT2D eigenvalue weighted by Crippen LogP contribution is -3.00. The van der Waals surface area contributed by atoms with Crippen molar-refractivity contribution in [2.24, 2.45) is 5.92 Å². The monoisotopic (exact) mass is 584 g/mol. The van der Waals surface area contributed by atoms with Gasteiger partial charge in [-0.1, -0.05) is 84.9 Å². The molecule has 200 valence electrons. The minimum absolute atomic E-state index is 0. The Labute approximate surface area is 240 Å². The van der Waals surface area contributed by atoms with Crippen LogP contribution in [-0.4, -0.2) is 48.5 Å². The zero-order valence-corrected chi connectivity index (χ0v) is 23.4. The molecule has 0 saturated carbocycles. The van der Waals surface area contributed by atoms with Gasteiger partial charge in [0.1, 0.15) is 13.1 Å². The van der Waals surface area contributed by atoms with E-state index in [0.29, 0.717) is 23.5 Å². The number of carbonyl (C=O) groups excluding carboxylic acids is 2. The Hall–Kier alpha value is -3.48. The number of fused-ring (bicyclic) bond motifs is 4. The van der Waals surface area contributed by atoms with Gasteiger partial charge in [-0.05, 0) is 34.5 Å². The average molecular weight is 586 g/mol. The molecule has 4 aromatic carbocycles. The Morgan fingerprint density at radius 2 is 1.46 bits per heavy atom. The lowest BCUT2D eigenvalue weighted by Gasteiger charge is -2.51. The van der Waals surface area contributed by atoms with Crippen LogP contribution < -0.4 is 22.3 Å². The van der Waals surface area contributed by atoms with Crippen molar-refractivity contribution in [1.82, 2.24) is 0 Å². The SMILES string of the molecule is O=C(C[N+]12CCC(CC1)[C@@H](OC(=O)[C@H](Nc1ccccc1)c1ccccc1)C2)c1ccc2ccccc2c1.[Br-]. The van der Waals surface area contributed by atoms with E-state index in [1.54, 1.807) is 0 Å². The molecule has 0 radical (unpaired) electrons. The number of hydrogen-bond donors (Lipinski definition) is 1. The second-order valence-corrected chi connectivity index (χ2v) is 10.8. The van der Waals surface area contributed by atoms with Gasteiger partial charge in [0, 0.05) is 30.0 Å². The number of Topliss-reactive ketones (excluding diaryl/α,β-unsaturated/α-hetero) is 1. The Bertz CT molecular complexity index is 1440. The fraction of sp³-hybridized carbons (Fsp3) is 0.273. The summed E-state index contributed by atoms with van der Waals surface area (Å²) in [4.78, 5) is 27.0. The van der Waals surface area contributed by atoms with Gasteiger partial charge in [0.2, 0.25) is 5.78 Å². The number of halogens is 1. The Balaban J connectivity index is 0.00000308. The maximum atomic E-state index is 13.6. The number of quaternary nitrogens is 1. The van der Waals surface area contributed by atoms with Crippen LogP contribution in [0.2, 0.25) is 0 Å². The van der Waals surface area contributed by atoms with Crippen LogP contribution in [-0.2, 0) is 9.53 Å². The normalized spacial score (nSPS) is 22.5. The van der Waals surface area contributed by atoms with Gasteiger partial charge < -0.3 is 31.5 Å². The van der Waals surface area contributed by atoms with Crippen molar-refractivity contribution in [3.05, 3.63) is 114 Å². The molecule has 2 atom stereocenters. The number of carbonyl (C=O) groups is 2. The molecule has 4 aromatic rings. The van der Waals surface area contributed by atoms with Crippen LogP contribution in [0.15, 0.2) is 103 Å². The number of nitrogens with one attached hydrogen (secondary N) is 1. The Kier molecular flexibility index (Phi) is 8.15. The van der Waals surface area contributed by atoms with Gasteiger partial charge in [0.25, 0.3) is 0 Å². The molecule has 0 aliphatic carbocycles. The van der Waals surface area contributed by atoms with Gasteiger partial charge in [-0.3, -0.25) is 4.79 Å². The number of esters is 1. The third-order valence-corrected chi connectivity index (χ3v) is 8.31. The highest BCUT2D eigenvalue weighted by atomic mass is 79.9. The number of hydrogen-bond acceptors (Lipinski definition) is 4. The molecule has 0 aromatic heterocycles. The quantitative estimate of drug-likeness (QED) is 0.196. The highest BCUT2D eigenvalue weighted by molar-refractivity contribution is 6.00. The maximum absolute atomic E-state index is 13.6. The molecule has 0 amide bonds. The van der Waals surface area contributed by atoms with Crippen molar-refractivity contribution >= 4 is 28.2 Å². The van der Waals surface area contributed by atoms with E-state index in [-0.39, 0.29) is 34.8 Å². The zero-order chi connectivity index (χ0) is 26.0. The summed E-state index contributed by atoms with van der Waals surface area (Å²) >= 11 is 0. The average Bonchev–Trinajstić information content (AvgIpc) is 2.97. The van der Waals surface area contributed by atoms with Crippen molar-refractivity contribution in [3.8, 4) is 0 Å². The predicted octanol–water partition coefficient (Wildman–Crippen LogP) is 3.03. The fourth-order valence-electron chi connectivity index (χ4n) is 6.18. The van der Waals surface area contributed by atoms with Crippen molar-refractivity contribution in [3.63, 3.8) is 0 Å². The van der Waals surface area contributed by atoms with Crippen LogP contribution in [0.1, 0.15) is 34.8 Å². The van der Waals surface area contributed by atoms with Crippen LogP contribution in [0.4, 0.5) is 5.69 Å². The molecule has 2 bridgehead atoms. The van der Waals surface area contributed by atoms with Crippen LogP contribution in [0.25, 0.3) is 10.8 Å². The summed E-state index contributed by atoms with van der Waals surface area (Å²) in [6, 6.07) is 33.0. The number of rotatable bonds is 8. The molecular formula is C33H33BrN2O3. The molecule has 3 saturated heterocycles. The number of anilines is 1. The van der Waals surface area contributed by atoms with Gasteiger partial charge in [-0.2, -0.15) is 0 Å². The molecule has 3 fully saturated rings. The first-order chi connectivity index (χ1) is 18.6. The molecule has 39 heavy (non-hydrogen) atoms. The third-order valence-electron chi connectivity index (χ3n) is 8.31. The lowest BCUT2D eigenvalue weighted by atomic mass is 9.82. The predicted molar refractivity (Wildman–Crippen MR) is 150 cm³/mol. The summed E-state index contributed by atoms with van der Waals surface area (Å²) < 4.78 is 6.95. The van der Waals surface area contributed by atoms with E-state index in [9.17, 15) is 9.59 Å². The van der Waals surface area contributed by atoms with Gasteiger partial charge in [0.15, 0.2) is 12.1 Å². The Morgan fingerprint density at radius 1 is 0.821 bits per heavy atom. The van der Waals surface area contributed by atoms with E-state index in [2.05, 4.69) is 11.4 Å². The molecule has 5 nitrogen and oxygen atoms in total. The maximum Gasteiger partial charge on any atom is 0.333 e. The minimum atomic E-state index is -0.596. The summed E-state index contributed by atoms with van der Waals surface area (Å²) in [6.45, 7) is 3.07. The van der Waals surface area contributed by atoms with E-state index >= 15 is 0 Å². The third kappa shape index (κ3) is 5.92. The summed E-state index contributed by atoms with van der Waals surface area (Å²) in [6.07, 6.45) is 1.77. The second kappa shape index (κ2) is 11.7. The van der Waals surface area contributed by atoms with E-state index in [1.165, 1.54) is 0 Å². The van der Waals surface area contributed by atoms with E-state index in [4.69, 9.17) is 4.74 Å². The van der Waals surface area contributed by atoms with E-state index in [1.807, 2.05) is 97.1 Å². The molecule has 6 heteroatoms. The molecule has 3 heterocycles. The smallest absolute Gasteiger partial charge is 0.333 e. The summed E-state index contributed by atoms with van der Waals surface area (Å²) in [5, 5.41) is 5.59. The number of piperidine rings is 3. The number of ether oxygens (including phenoxy) is 1. The first-order valence-corrected chi connectivity index (χ1v) is 13.5. The van der Waals surface area contributed by atoms with E-state index in [0.717, 1.165) is 53.5 Å². The lowest BCUT2D eigenvalue weighted by molar-refractivity contribution is -0.938. The van der Waals surface area contributed by atoms with Crippen molar-refractivity contribution in [1.29, 1.82) is 0 Å². The first-order valence-electron chi connectivity index (χ1n) is 13.5. The Morgan fingerprint density at radius 3 is 2.18 bits per heavy atom. The van der Waals surface area contributed by atoms with Gasteiger partial charge in [-0.15, -0.1) is 0 Å². The highest BCUT2D eigenvalue weighted by Gasteiger charge is 2.49. The van der Waals surface area contributed by atoms with Crippen LogP contribution in [0, 0.1) is 5.92 Å². The number of para-hydroxylation sites is 1. The largest absolute Gasteiger partial charge is 1.00 e.